The average Bonchev–Trinajstić information content (AvgIpc) is 3.32. The summed E-state index contributed by atoms with van der Waals surface area (Å²) < 4.78 is 0. The van der Waals surface area contributed by atoms with E-state index in [0.717, 1.165) is 5.56 Å². The number of hydrogen-bond donors (Lipinski definition) is 1. The molecule has 0 bridgehead atoms. The van der Waals surface area contributed by atoms with E-state index in [2.05, 4.69) is 152 Å². The summed E-state index contributed by atoms with van der Waals surface area (Å²) in [6.45, 7) is 0.550. The standard InChI is InChI=1S/C38H29N/c39-26-27-10-9-11-30(24-27)28-18-20-29(21-19-28)31-22-23-35-34-16-7-8-17-36(34)38(37(35)25-31,32-12-3-1-4-13-32)33-14-5-2-6-15-33/h1-25H,26,39H2. The maximum Gasteiger partial charge on any atom is 0.0713 e. The van der Waals surface area contributed by atoms with Crippen molar-refractivity contribution in [2.24, 2.45) is 5.73 Å². The smallest absolute Gasteiger partial charge is 0.0713 e. The molecule has 1 heteroatoms. The van der Waals surface area contributed by atoms with E-state index in [1.54, 1.807) is 0 Å². The van der Waals surface area contributed by atoms with Gasteiger partial charge in [-0.3, -0.25) is 0 Å². The molecule has 0 heterocycles. The molecule has 0 aliphatic heterocycles. The van der Waals surface area contributed by atoms with Crippen LogP contribution in [0.2, 0.25) is 0 Å². The Hall–Kier alpha value is -4.72. The molecule has 0 spiro atoms. The fraction of sp³-hybridized carbons (Fsp3) is 0.0526. The zero-order chi connectivity index (χ0) is 26.2. The third-order valence-corrected chi connectivity index (χ3v) is 8.17. The lowest BCUT2D eigenvalue weighted by atomic mass is 9.67. The van der Waals surface area contributed by atoms with Gasteiger partial charge in [0, 0.05) is 6.54 Å². The summed E-state index contributed by atoms with van der Waals surface area (Å²) in [6, 6.07) is 55.2. The number of rotatable bonds is 5. The van der Waals surface area contributed by atoms with E-state index in [9.17, 15) is 0 Å². The van der Waals surface area contributed by atoms with Crippen LogP contribution < -0.4 is 5.73 Å². The zero-order valence-corrected chi connectivity index (χ0v) is 21.7. The highest BCUT2D eigenvalue weighted by atomic mass is 14.5. The second-order valence-electron chi connectivity index (χ2n) is 10.3. The van der Waals surface area contributed by atoms with E-state index < -0.39 is 0 Å². The maximum absolute atomic E-state index is 5.88. The van der Waals surface area contributed by atoms with E-state index >= 15 is 0 Å². The highest BCUT2D eigenvalue weighted by Gasteiger charge is 2.45. The molecule has 0 unspecified atom stereocenters. The Balaban J connectivity index is 1.42. The molecule has 7 rings (SSSR count). The largest absolute Gasteiger partial charge is 0.326 e. The molecule has 6 aromatic rings. The highest BCUT2D eigenvalue weighted by Crippen LogP contribution is 2.56. The molecule has 1 aliphatic rings. The molecule has 1 nitrogen and oxygen atoms in total. The van der Waals surface area contributed by atoms with Crippen LogP contribution in [0.15, 0.2) is 152 Å². The molecule has 0 fully saturated rings. The van der Waals surface area contributed by atoms with Gasteiger partial charge in [0.2, 0.25) is 0 Å². The first-order valence-corrected chi connectivity index (χ1v) is 13.5. The predicted octanol–water partition coefficient (Wildman–Crippen LogP) is 8.84. The topological polar surface area (TPSA) is 26.0 Å². The van der Waals surface area contributed by atoms with E-state index in [4.69, 9.17) is 5.73 Å². The average molecular weight is 500 g/mol. The summed E-state index contributed by atoms with van der Waals surface area (Å²) in [5, 5.41) is 0. The van der Waals surface area contributed by atoms with Crippen molar-refractivity contribution in [1.82, 2.24) is 0 Å². The molecule has 0 atom stereocenters. The second-order valence-corrected chi connectivity index (χ2v) is 10.3. The summed E-state index contributed by atoms with van der Waals surface area (Å²) in [4.78, 5) is 0. The molecule has 2 N–H and O–H groups in total. The van der Waals surface area contributed by atoms with Crippen LogP contribution in [0.1, 0.15) is 27.8 Å². The lowest BCUT2D eigenvalue weighted by Gasteiger charge is -2.34. The Morgan fingerprint density at radius 1 is 0.410 bits per heavy atom. The van der Waals surface area contributed by atoms with Crippen molar-refractivity contribution in [3.8, 4) is 33.4 Å². The SMILES string of the molecule is NCc1cccc(-c2ccc(-c3ccc4c(c3)C(c3ccccc3)(c3ccccc3)c3ccccc3-4)cc2)c1. The van der Waals surface area contributed by atoms with Gasteiger partial charge in [-0.15, -0.1) is 0 Å². The van der Waals surface area contributed by atoms with Gasteiger partial charge in [0.05, 0.1) is 5.41 Å². The van der Waals surface area contributed by atoms with Gasteiger partial charge in [-0.25, -0.2) is 0 Å². The Morgan fingerprint density at radius 3 is 1.59 bits per heavy atom. The Labute approximate surface area is 230 Å². The number of hydrogen-bond acceptors (Lipinski definition) is 1. The van der Waals surface area contributed by atoms with Crippen molar-refractivity contribution in [3.63, 3.8) is 0 Å². The van der Waals surface area contributed by atoms with Crippen molar-refractivity contribution >= 4 is 0 Å². The van der Waals surface area contributed by atoms with Crippen molar-refractivity contribution in [3.05, 3.63) is 179 Å². The molecule has 6 aromatic carbocycles. The first-order valence-electron chi connectivity index (χ1n) is 13.5. The maximum atomic E-state index is 5.88. The molecule has 0 amide bonds. The van der Waals surface area contributed by atoms with Crippen LogP contribution in [-0.2, 0) is 12.0 Å². The molecular weight excluding hydrogens is 470 g/mol. The third kappa shape index (κ3) is 3.74. The number of nitrogens with two attached hydrogens (primary N) is 1. The highest BCUT2D eigenvalue weighted by molar-refractivity contribution is 5.88. The van der Waals surface area contributed by atoms with Crippen LogP contribution in [0, 0.1) is 0 Å². The van der Waals surface area contributed by atoms with Crippen LogP contribution in [0.5, 0.6) is 0 Å². The third-order valence-electron chi connectivity index (χ3n) is 8.17. The summed E-state index contributed by atoms with van der Waals surface area (Å²) in [5.74, 6) is 0. The number of benzene rings is 6. The Bertz CT molecular complexity index is 1730. The first-order chi connectivity index (χ1) is 19.3. The molecule has 186 valence electrons. The van der Waals surface area contributed by atoms with E-state index in [1.807, 2.05) is 0 Å². The molecule has 1 aliphatic carbocycles. The molecule has 0 radical (unpaired) electrons. The second kappa shape index (κ2) is 9.54. The minimum Gasteiger partial charge on any atom is -0.326 e. The Kier molecular flexibility index (Phi) is 5.73. The Morgan fingerprint density at radius 2 is 0.949 bits per heavy atom. The van der Waals surface area contributed by atoms with E-state index in [1.165, 1.54) is 55.6 Å². The normalized spacial score (nSPS) is 13.1. The van der Waals surface area contributed by atoms with Crippen molar-refractivity contribution in [2.75, 3.05) is 0 Å². The van der Waals surface area contributed by atoms with E-state index in [-0.39, 0.29) is 5.41 Å². The van der Waals surface area contributed by atoms with Crippen molar-refractivity contribution in [2.45, 2.75) is 12.0 Å². The van der Waals surface area contributed by atoms with Gasteiger partial charge in [-0.05, 0) is 73.3 Å². The van der Waals surface area contributed by atoms with Crippen molar-refractivity contribution in [1.29, 1.82) is 0 Å². The molecular formula is C38H29N. The van der Waals surface area contributed by atoms with E-state index in [0.29, 0.717) is 6.54 Å². The first kappa shape index (κ1) is 23.4. The van der Waals surface area contributed by atoms with Gasteiger partial charge in [0.15, 0.2) is 0 Å². The van der Waals surface area contributed by atoms with Gasteiger partial charge >= 0.3 is 0 Å². The van der Waals surface area contributed by atoms with Crippen LogP contribution >= 0.6 is 0 Å². The fourth-order valence-corrected chi connectivity index (χ4v) is 6.36. The summed E-state index contributed by atoms with van der Waals surface area (Å²) >= 11 is 0. The lowest BCUT2D eigenvalue weighted by molar-refractivity contribution is 0.769. The van der Waals surface area contributed by atoms with Gasteiger partial charge in [-0.1, -0.05) is 140 Å². The summed E-state index contributed by atoms with van der Waals surface area (Å²) in [5.41, 5.74) is 19.3. The van der Waals surface area contributed by atoms with Gasteiger partial charge in [0.25, 0.3) is 0 Å². The van der Waals surface area contributed by atoms with Gasteiger partial charge < -0.3 is 5.73 Å². The van der Waals surface area contributed by atoms with Crippen LogP contribution in [0.4, 0.5) is 0 Å². The van der Waals surface area contributed by atoms with Crippen LogP contribution in [0.3, 0.4) is 0 Å². The minimum atomic E-state index is -0.382. The summed E-state index contributed by atoms with van der Waals surface area (Å²) in [6.07, 6.45) is 0. The molecule has 0 saturated carbocycles. The molecule has 0 saturated heterocycles. The van der Waals surface area contributed by atoms with Crippen LogP contribution in [-0.4, -0.2) is 0 Å². The van der Waals surface area contributed by atoms with Gasteiger partial charge in [0.1, 0.15) is 0 Å². The molecule has 39 heavy (non-hydrogen) atoms. The molecule has 0 aromatic heterocycles. The fourth-order valence-electron chi connectivity index (χ4n) is 6.36. The summed E-state index contributed by atoms with van der Waals surface area (Å²) in [7, 11) is 0. The van der Waals surface area contributed by atoms with Crippen molar-refractivity contribution < 1.29 is 0 Å². The van der Waals surface area contributed by atoms with Gasteiger partial charge in [-0.2, -0.15) is 0 Å². The van der Waals surface area contributed by atoms with Crippen LogP contribution in [0.25, 0.3) is 33.4 Å². The number of fused-ring (bicyclic) bond motifs is 3. The minimum absolute atomic E-state index is 0.382. The zero-order valence-electron chi connectivity index (χ0n) is 21.7. The monoisotopic (exact) mass is 499 g/mol. The quantitative estimate of drug-likeness (QED) is 0.251. The lowest BCUT2D eigenvalue weighted by Crippen LogP contribution is -2.28. The predicted molar refractivity (Wildman–Crippen MR) is 163 cm³/mol.